The molecule has 0 aromatic rings. The lowest BCUT2D eigenvalue weighted by Crippen LogP contribution is -2.50. The van der Waals surface area contributed by atoms with E-state index in [0.29, 0.717) is 0 Å². The van der Waals surface area contributed by atoms with Crippen molar-refractivity contribution in [1.29, 1.82) is 0 Å². The van der Waals surface area contributed by atoms with Gasteiger partial charge in [-0.15, -0.1) is 0 Å². The van der Waals surface area contributed by atoms with Crippen molar-refractivity contribution in [2.75, 3.05) is 46.4 Å². The zero-order valence-electron chi connectivity index (χ0n) is 12.2. The summed E-state index contributed by atoms with van der Waals surface area (Å²) in [6, 6.07) is 0.910. The number of hydrogen-bond acceptors (Lipinski definition) is 4. The van der Waals surface area contributed by atoms with Gasteiger partial charge in [-0.3, -0.25) is 0 Å². The molecule has 2 aliphatic heterocycles. The second-order valence-electron chi connectivity index (χ2n) is 6.36. The number of likely N-dealkylation sites (tertiary alicyclic amines) is 1. The third kappa shape index (κ3) is 3.05. The van der Waals surface area contributed by atoms with Gasteiger partial charge in [0.05, 0.1) is 13.2 Å². The van der Waals surface area contributed by atoms with Crippen molar-refractivity contribution in [3.05, 3.63) is 0 Å². The minimum absolute atomic E-state index is 0.136. The molecule has 0 aromatic carbocycles. The van der Waals surface area contributed by atoms with Crippen LogP contribution in [0.2, 0.25) is 0 Å². The Balaban J connectivity index is 1.83. The van der Waals surface area contributed by atoms with Gasteiger partial charge in [0, 0.05) is 24.0 Å². The summed E-state index contributed by atoms with van der Waals surface area (Å²) in [4.78, 5) is 5.05. The number of piperidine rings is 1. The fraction of sp³-hybridized carbons (Fsp3) is 1.00. The van der Waals surface area contributed by atoms with Crippen LogP contribution in [0.5, 0.6) is 0 Å². The number of rotatable bonds is 4. The van der Waals surface area contributed by atoms with Gasteiger partial charge >= 0.3 is 0 Å². The zero-order valence-corrected chi connectivity index (χ0v) is 12.2. The number of nitrogens with zero attached hydrogens (tertiary/aromatic N) is 2. The maximum Gasteiger partial charge on any atom is 0.0624 e. The third-order valence-electron chi connectivity index (χ3n) is 4.86. The molecule has 2 heterocycles. The predicted molar refractivity (Wildman–Crippen MR) is 74.7 cm³/mol. The summed E-state index contributed by atoms with van der Waals surface area (Å²) in [5.41, 5.74) is 6.31. The second-order valence-corrected chi connectivity index (χ2v) is 6.36. The monoisotopic (exact) mass is 255 g/mol. The SMILES string of the molecule is CCN1CCC(N(C)CC2(C)COCC2N)CC1. The van der Waals surface area contributed by atoms with Crippen molar-refractivity contribution in [3.63, 3.8) is 0 Å². The van der Waals surface area contributed by atoms with Crippen molar-refractivity contribution >= 4 is 0 Å². The van der Waals surface area contributed by atoms with Gasteiger partial charge in [0.2, 0.25) is 0 Å². The average molecular weight is 255 g/mol. The molecule has 0 saturated carbocycles. The van der Waals surface area contributed by atoms with Crippen molar-refractivity contribution in [2.24, 2.45) is 11.1 Å². The molecule has 18 heavy (non-hydrogen) atoms. The molecule has 106 valence electrons. The molecule has 0 aliphatic carbocycles. The Bertz CT molecular complexity index is 266. The Morgan fingerprint density at radius 1 is 1.39 bits per heavy atom. The van der Waals surface area contributed by atoms with Crippen LogP contribution in [-0.2, 0) is 4.74 Å². The molecule has 0 spiro atoms. The molecule has 0 bridgehead atoms. The van der Waals surface area contributed by atoms with Crippen molar-refractivity contribution in [1.82, 2.24) is 9.80 Å². The first-order valence-corrected chi connectivity index (χ1v) is 7.31. The zero-order chi connectivity index (χ0) is 13.2. The lowest BCUT2D eigenvalue weighted by molar-refractivity contribution is 0.0791. The van der Waals surface area contributed by atoms with E-state index in [2.05, 4.69) is 30.7 Å². The topological polar surface area (TPSA) is 41.7 Å². The van der Waals surface area contributed by atoms with E-state index < -0.39 is 0 Å². The van der Waals surface area contributed by atoms with E-state index in [1.165, 1.54) is 32.5 Å². The first-order chi connectivity index (χ1) is 8.55. The molecule has 0 aromatic heterocycles. The highest BCUT2D eigenvalue weighted by Crippen LogP contribution is 2.29. The van der Waals surface area contributed by atoms with E-state index in [4.69, 9.17) is 10.5 Å². The van der Waals surface area contributed by atoms with Gasteiger partial charge in [0.1, 0.15) is 0 Å². The molecule has 4 nitrogen and oxygen atoms in total. The van der Waals surface area contributed by atoms with Gasteiger partial charge in [0.15, 0.2) is 0 Å². The molecule has 0 radical (unpaired) electrons. The summed E-state index contributed by atoms with van der Waals surface area (Å²) in [5.74, 6) is 0. The molecule has 2 atom stereocenters. The average Bonchev–Trinajstić information content (AvgIpc) is 2.69. The third-order valence-corrected chi connectivity index (χ3v) is 4.86. The molecule has 2 N–H and O–H groups in total. The first kappa shape index (κ1) is 14.3. The largest absolute Gasteiger partial charge is 0.379 e. The molecule has 2 saturated heterocycles. The molecule has 2 rings (SSSR count). The van der Waals surface area contributed by atoms with E-state index in [0.717, 1.165) is 25.8 Å². The van der Waals surface area contributed by atoms with Crippen LogP contribution < -0.4 is 5.73 Å². The summed E-state index contributed by atoms with van der Waals surface area (Å²) in [6.07, 6.45) is 2.58. The summed E-state index contributed by atoms with van der Waals surface area (Å²) < 4.78 is 5.54. The van der Waals surface area contributed by atoms with Crippen molar-refractivity contribution in [3.8, 4) is 0 Å². The molecule has 4 heteroatoms. The van der Waals surface area contributed by atoms with Gasteiger partial charge in [-0.2, -0.15) is 0 Å². The molecule has 2 unspecified atom stereocenters. The molecule has 2 aliphatic rings. The summed E-state index contributed by atoms with van der Waals surface area (Å²) >= 11 is 0. The summed E-state index contributed by atoms with van der Waals surface area (Å²) in [5, 5.41) is 0. The highest BCUT2D eigenvalue weighted by molar-refractivity contribution is 4.93. The fourth-order valence-electron chi connectivity index (χ4n) is 3.27. The Kier molecular flexibility index (Phi) is 4.64. The van der Waals surface area contributed by atoms with E-state index in [1.807, 2.05) is 0 Å². The molecular weight excluding hydrogens is 226 g/mol. The van der Waals surface area contributed by atoms with Gasteiger partial charge in [0.25, 0.3) is 0 Å². The van der Waals surface area contributed by atoms with E-state index in [1.54, 1.807) is 0 Å². The van der Waals surface area contributed by atoms with Crippen molar-refractivity contribution in [2.45, 2.75) is 38.8 Å². The Morgan fingerprint density at radius 3 is 2.56 bits per heavy atom. The van der Waals surface area contributed by atoms with Crippen LogP contribution in [0, 0.1) is 5.41 Å². The van der Waals surface area contributed by atoms with Crippen LogP contribution in [0.1, 0.15) is 26.7 Å². The number of ether oxygens (including phenoxy) is 1. The molecule has 2 fully saturated rings. The van der Waals surface area contributed by atoms with Crippen LogP contribution in [0.25, 0.3) is 0 Å². The lowest BCUT2D eigenvalue weighted by atomic mass is 9.84. The maximum atomic E-state index is 6.17. The van der Waals surface area contributed by atoms with Crippen LogP contribution in [-0.4, -0.2) is 68.3 Å². The first-order valence-electron chi connectivity index (χ1n) is 7.31. The van der Waals surface area contributed by atoms with Crippen LogP contribution in [0.4, 0.5) is 0 Å². The standard InChI is InChI=1S/C14H29N3O/c1-4-17-7-5-12(6-8-17)16(3)10-14(2)11-18-9-13(14)15/h12-13H,4-11,15H2,1-3H3. The lowest BCUT2D eigenvalue weighted by Gasteiger charge is -2.40. The van der Waals surface area contributed by atoms with Crippen LogP contribution in [0.15, 0.2) is 0 Å². The second kappa shape index (κ2) is 5.87. The van der Waals surface area contributed by atoms with E-state index >= 15 is 0 Å². The molecular formula is C14H29N3O. The highest BCUT2D eigenvalue weighted by atomic mass is 16.5. The normalized spacial score (nSPS) is 35.5. The van der Waals surface area contributed by atoms with Crippen LogP contribution >= 0.6 is 0 Å². The van der Waals surface area contributed by atoms with Crippen LogP contribution in [0.3, 0.4) is 0 Å². The fourth-order valence-corrected chi connectivity index (χ4v) is 3.27. The number of hydrogen-bond donors (Lipinski definition) is 1. The van der Waals surface area contributed by atoms with E-state index in [9.17, 15) is 0 Å². The predicted octanol–water partition coefficient (Wildman–Crippen LogP) is 0.766. The van der Waals surface area contributed by atoms with Gasteiger partial charge in [-0.05, 0) is 39.5 Å². The Hall–Kier alpha value is -0.160. The van der Waals surface area contributed by atoms with E-state index in [-0.39, 0.29) is 11.5 Å². The summed E-state index contributed by atoms with van der Waals surface area (Å²) in [7, 11) is 2.25. The Morgan fingerprint density at radius 2 is 2.06 bits per heavy atom. The summed E-state index contributed by atoms with van der Waals surface area (Å²) in [6.45, 7) is 10.8. The van der Waals surface area contributed by atoms with Crippen molar-refractivity contribution < 1.29 is 4.74 Å². The minimum Gasteiger partial charge on any atom is -0.379 e. The van der Waals surface area contributed by atoms with Gasteiger partial charge in [-0.1, -0.05) is 13.8 Å². The minimum atomic E-state index is 0.136. The van der Waals surface area contributed by atoms with Gasteiger partial charge in [-0.25, -0.2) is 0 Å². The smallest absolute Gasteiger partial charge is 0.0624 e. The highest BCUT2D eigenvalue weighted by Gasteiger charge is 2.39. The molecule has 0 amide bonds. The van der Waals surface area contributed by atoms with Gasteiger partial charge < -0.3 is 20.3 Å². The maximum absolute atomic E-state index is 6.17. The quantitative estimate of drug-likeness (QED) is 0.805. The number of nitrogens with two attached hydrogens (primary N) is 1. The Labute approximate surface area is 111 Å².